The van der Waals surface area contributed by atoms with E-state index in [1.807, 2.05) is 0 Å². The molecule has 4 rings (SSSR count). The molecule has 0 saturated heterocycles. The van der Waals surface area contributed by atoms with Gasteiger partial charge in [0, 0.05) is 36.5 Å². The fourth-order valence-corrected chi connectivity index (χ4v) is 3.47. The number of rotatable bonds is 4. The number of carbonyl (C=O) groups is 1. The summed E-state index contributed by atoms with van der Waals surface area (Å²) in [6.45, 7) is 0. The highest BCUT2D eigenvalue weighted by atomic mass is 19.4. The lowest BCUT2D eigenvalue weighted by Crippen LogP contribution is -2.40. The molecule has 1 aliphatic carbocycles. The highest BCUT2D eigenvalue weighted by Crippen LogP contribution is 2.33. The van der Waals surface area contributed by atoms with Gasteiger partial charge in [-0.1, -0.05) is 6.07 Å². The van der Waals surface area contributed by atoms with Gasteiger partial charge in [-0.25, -0.2) is 18.7 Å². The van der Waals surface area contributed by atoms with Gasteiger partial charge in [0.05, 0.1) is 11.1 Å². The van der Waals surface area contributed by atoms with Gasteiger partial charge in [0.2, 0.25) is 11.8 Å². The Morgan fingerprint density at radius 2 is 1.81 bits per heavy atom. The first kappa shape index (κ1) is 21.9. The Labute approximate surface area is 179 Å². The monoisotopic (exact) mass is 451 g/mol. The van der Waals surface area contributed by atoms with Gasteiger partial charge in [0.15, 0.2) is 0 Å². The second kappa shape index (κ2) is 8.33. The number of alkyl halides is 5. The van der Waals surface area contributed by atoms with Gasteiger partial charge in [-0.3, -0.25) is 4.79 Å². The highest BCUT2D eigenvalue weighted by Gasteiger charge is 2.35. The molecule has 1 fully saturated rings. The van der Waals surface area contributed by atoms with E-state index in [0.29, 0.717) is 22.8 Å². The number of pyridine rings is 2. The average molecular weight is 451 g/mol. The zero-order valence-corrected chi connectivity index (χ0v) is 16.6. The predicted molar refractivity (Wildman–Crippen MR) is 106 cm³/mol. The maximum atomic E-state index is 13.3. The van der Waals surface area contributed by atoms with Crippen molar-refractivity contribution in [1.82, 2.24) is 15.3 Å². The van der Waals surface area contributed by atoms with Crippen LogP contribution in [0.2, 0.25) is 0 Å². The maximum Gasteiger partial charge on any atom is 0.417 e. The van der Waals surface area contributed by atoms with Gasteiger partial charge in [-0.2, -0.15) is 13.2 Å². The fourth-order valence-electron chi connectivity index (χ4n) is 3.47. The zero-order valence-electron chi connectivity index (χ0n) is 16.6. The smallest absolute Gasteiger partial charge is 0.417 e. The van der Waals surface area contributed by atoms with Crippen LogP contribution in [0.5, 0.6) is 11.6 Å². The number of ether oxygens (including phenoxy) is 1. The molecule has 2 heterocycles. The van der Waals surface area contributed by atoms with Crippen molar-refractivity contribution in [1.29, 1.82) is 0 Å². The minimum absolute atomic E-state index is 0.000586. The largest absolute Gasteiger partial charge is 0.439 e. The molecule has 1 N–H and O–H groups in total. The van der Waals surface area contributed by atoms with Crippen molar-refractivity contribution in [2.45, 2.75) is 43.8 Å². The normalized spacial score (nSPS) is 16.7. The second-order valence-electron chi connectivity index (χ2n) is 7.64. The molecule has 0 radical (unpaired) electrons. The van der Waals surface area contributed by atoms with Crippen LogP contribution >= 0.6 is 0 Å². The molecule has 0 atom stereocenters. The van der Waals surface area contributed by atoms with E-state index in [1.165, 1.54) is 6.07 Å². The molecule has 1 saturated carbocycles. The van der Waals surface area contributed by atoms with Crippen molar-refractivity contribution in [3.05, 3.63) is 59.9 Å². The molecule has 1 aliphatic rings. The molecular weight excluding hydrogens is 433 g/mol. The van der Waals surface area contributed by atoms with Crippen LogP contribution in [0.3, 0.4) is 0 Å². The van der Waals surface area contributed by atoms with Crippen LogP contribution in [-0.4, -0.2) is 27.8 Å². The molecule has 1 amide bonds. The van der Waals surface area contributed by atoms with E-state index in [9.17, 15) is 26.7 Å². The van der Waals surface area contributed by atoms with Crippen LogP contribution in [0.4, 0.5) is 22.0 Å². The third kappa shape index (κ3) is 5.12. The lowest BCUT2D eigenvalue weighted by molar-refractivity contribution is -0.137. The molecule has 5 nitrogen and oxygen atoms in total. The van der Waals surface area contributed by atoms with Gasteiger partial charge >= 0.3 is 6.18 Å². The van der Waals surface area contributed by atoms with Crippen molar-refractivity contribution < 1.29 is 31.5 Å². The summed E-state index contributed by atoms with van der Waals surface area (Å²) in [6.07, 6.45) is -3.86. The summed E-state index contributed by atoms with van der Waals surface area (Å²) in [4.78, 5) is 20.4. The molecule has 0 unspecified atom stereocenters. The van der Waals surface area contributed by atoms with Crippen LogP contribution in [0.25, 0.3) is 10.9 Å². The van der Waals surface area contributed by atoms with E-state index in [2.05, 4.69) is 15.3 Å². The second-order valence-corrected chi connectivity index (χ2v) is 7.64. The number of amides is 1. The molecule has 0 bridgehead atoms. The minimum Gasteiger partial charge on any atom is -0.439 e. The van der Waals surface area contributed by atoms with Crippen molar-refractivity contribution in [2.24, 2.45) is 0 Å². The summed E-state index contributed by atoms with van der Waals surface area (Å²) in [6, 6.07) is 9.63. The quantitative estimate of drug-likeness (QED) is 0.513. The molecular formula is C22H18F5N3O2. The standard InChI is InChI=1S/C22H18F5N3O2/c23-21(24)9-7-15(8-10-21)29-20(31)18-4-1-13-11-16(3-5-17(13)30-18)32-19-6-2-14(12-28-19)22(25,26)27/h1-6,11-12,15H,7-10H2,(H,29,31). The molecule has 2 aromatic heterocycles. The molecule has 3 aromatic rings. The van der Waals surface area contributed by atoms with Crippen molar-refractivity contribution >= 4 is 16.8 Å². The number of fused-ring (bicyclic) bond motifs is 1. The average Bonchev–Trinajstić information content (AvgIpc) is 2.74. The Morgan fingerprint density at radius 1 is 1.06 bits per heavy atom. The number of nitrogens with zero attached hydrogens (tertiary/aromatic N) is 2. The Balaban J connectivity index is 1.43. The number of aromatic nitrogens is 2. The van der Waals surface area contributed by atoms with Crippen LogP contribution < -0.4 is 10.1 Å². The van der Waals surface area contributed by atoms with E-state index in [1.54, 1.807) is 24.3 Å². The predicted octanol–water partition coefficient (Wildman–Crippen LogP) is 5.75. The topological polar surface area (TPSA) is 64.1 Å². The third-order valence-corrected chi connectivity index (χ3v) is 5.23. The Kier molecular flexibility index (Phi) is 5.70. The van der Waals surface area contributed by atoms with E-state index in [4.69, 9.17) is 4.74 Å². The summed E-state index contributed by atoms with van der Waals surface area (Å²) in [5.74, 6) is -2.76. The van der Waals surface area contributed by atoms with Gasteiger partial charge in [-0.15, -0.1) is 0 Å². The molecule has 0 spiro atoms. The van der Waals surface area contributed by atoms with Gasteiger partial charge < -0.3 is 10.1 Å². The Bertz CT molecular complexity index is 1120. The number of benzene rings is 1. The molecule has 0 aliphatic heterocycles. The Hall–Kier alpha value is -3.30. The summed E-state index contributed by atoms with van der Waals surface area (Å²) in [5.41, 5.74) is -0.214. The summed E-state index contributed by atoms with van der Waals surface area (Å²) >= 11 is 0. The first-order valence-corrected chi connectivity index (χ1v) is 9.90. The lowest BCUT2D eigenvalue weighted by Gasteiger charge is -2.28. The SMILES string of the molecule is O=C(NC1CCC(F)(F)CC1)c1ccc2cc(Oc3ccc(C(F)(F)F)cn3)ccc2n1. The summed E-state index contributed by atoms with van der Waals surface area (Å²) in [5, 5.41) is 3.39. The van der Waals surface area contributed by atoms with Crippen LogP contribution in [-0.2, 0) is 6.18 Å². The van der Waals surface area contributed by atoms with E-state index >= 15 is 0 Å². The third-order valence-electron chi connectivity index (χ3n) is 5.23. The molecule has 10 heteroatoms. The highest BCUT2D eigenvalue weighted by molar-refractivity contribution is 5.95. The number of halogens is 5. The minimum atomic E-state index is -4.48. The summed E-state index contributed by atoms with van der Waals surface area (Å²) < 4.78 is 69.9. The van der Waals surface area contributed by atoms with E-state index in [-0.39, 0.29) is 43.3 Å². The molecule has 168 valence electrons. The zero-order chi connectivity index (χ0) is 22.9. The van der Waals surface area contributed by atoms with Crippen LogP contribution in [0, 0.1) is 0 Å². The molecule has 1 aromatic carbocycles. The number of hydrogen-bond acceptors (Lipinski definition) is 4. The summed E-state index contributed by atoms with van der Waals surface area (Å²) in [7, 11) is 0. The fraction of sp³-hybridized carbons (Fsp3) is 0.318. The lowest BCUT2D eigenvalue weighted by atomic mass is 9.92. The van der Waals surface area contributed by atoms with Crippen molar-refractivity contribution in [2.75, 3.05) is 0 Å². The first-order valence-electron chi connectivity index (χ1n) is 9.90. The van der Waals surface area contributed by atoms with E-state index in [0.717, 1.165) is 12.1 Å². The molecule has 32 heavy (non-hydrogen) atoms. The number of carbonyl (C=O) groups excluding carboxylic acids is 1. The number of hydrogen-bond donors (Lipinski definition) is 1. The Morgan fingerprint density at radius 3 is 2.47 bits per heavy atom. The van der Waals surface area contributed by atoms with Crippen molar-refractivity contribution in [3.63, 3.8) is 0 Å². The van der Waals surface area contributed by atoms with Crippen molar-refractivity contribution in [3.8, 4) is 11.6 Å². The van der Waals surface area contributed by atoms with Crippen LogP contribution in [0.1, 0.15) is 41.7 Å². The van der Waals surface area contributed by atoms with Gasteiger partial charge in [0.25, 0.3) is 5.91 Å². The first-order chi connectivity index (χ1) is 15.1. The van der Waals surface area contributed by atoms with Gasteiger partial charge in [0.1, 0.15) is 11.4 Å². The van der Waals surface area contributed by atoms with E-state index < -0.39 is 23.6 Å². The maximum absolute atomic E-state index is 13.3. The number of nitrogens with one attached hydrogen (secondary N) is 1. The van der Waals surface area contributed by atoms with Crippen LogP contribution in [0.15, 0.2) is 48.7 Å². The van der Waals surface area contributed by atoms with Gasteiger partial charge in [-0.05, 0) is 43.2 Å².